The Morgan fingerprint density at radius 1 is 0.909 bits per heavy atom. The van der Waals surface area contributed by atoms with E-state index in [2.05, 4.69) is 62.1 Å². The Hall–Kier alpha value is -2.11. The van der Waals surface area contributed by atoms with E-state index in [0.717, 1.165) is 35.6 Å². The summed E-state index contributed by atoms with van der Waals surface area (Å²) in [4.78, 5) is 2.41. The van der Waals surface area contributed by atoms with Gasteiger partial charge in [-0.3, -0.25) is 9.47 Å². The van der Waals surface area contributed by atoms with Gasteiger partial charge in [0.15, 0.2) is 11.0 Å². The summed E-state index contributed by atoms with van der Waals surface area (Å²) in [6.45, 7) is 1.77. The maximum absolute atomic E-state index is 4.38. The highest BCUT2D eigenvalue weighted by molar-refractivity contribution is 7.99. The minimum Gasteiger partial charge on any atom is -0.288 e. The van der Waals surface area contributed by atoms with Gasteiger partial charge >= 0.3 is 0 Å². The van der Waals surface area contributed by atoms with Crippen LogP contribution in [0.25, 0.3) is 11.4 Å². The molecule has 3 aromatic rings. The van der Waals surface area contributed by atoms with Crippen molar-refractivity contribution in [3.63, 3.8) is 0 Å². The second kappa shape index (κ2) is 5.94. The van der Waals surface area contributed by atoms with Crippen molar-refractivity contribution in [2.75, 3.05) is 5.88 Å². The number of aromatic nitrogens is 3. The predicted molar refractivity (Wildman–Crippen MR) is 88.2 cm³/mol. The Morgan fingerprint density at radius 3 is 2.41 bits per heavy atom. The van der Waals surface area contributed by atoms with Crippen LogP contribution in [0.15, 0.2) is 65.8 Å². The number of fused-ring (bicyclic) bond motifs is 1. The summed E-state index contributed by atoms with van der Waals surface area (Å²) in [5.41, 5.74) is 2.45. The normalized spacial score (nSPS) is 14.7. The Labute approximate surface area is 133 Å². The molecule has 2 heterocycles. The van der Waals surface area contributed by atoms with Crippen molar-refractivity contribution in [3.05, 3.63) is 66.2 Å². The van der Waals surface area contributed by atoms with E-state index in [1.165, 1.54) is 5.56 Å². The van der Waals surface area contributed by atoms with E-state index in [9.17, 15) is 0 Å². The molecule has 0 radical (unpaired) electrons. The van der Waals surface area contributed by atoms with E-state index in [-0.39, 0.29) is 0 Å². The minimum absolute atomic E-state index is 0.828. The zero-order valence-electron chi connectivity index (χ0n) is 12.1. The molecule has 0 fully saturated rings. The lowest BCUT2D eigenvalue weighted by Crippen LogP contribution is -2.30. The molecule has 0 atom stereocenters. The largest absolute Gasteiger partial charge is 0.288 e. The van der Waals surface area contributed by atoms with Gasteiger partial charge < -0.3 is 0 Å². The molecule has 110 valence electrons. The van der Waals surface area contributed by atoms with E-state index in [0.29, 0.717) is 0 Å². The Kier molecular flexibility index (Phi) is 3.66. The fraction of sp³-hybridized carbons (Fsp3) is 0.176. The molecule has 0 saturated heterocycles. The molecule has 0 spiro atoms. The van der Waals surface area contributed by atoms with Gasteiger partial charge in [0.2, 0.25) is 0 Å². The van der Waals surface area contributed by atoms with E-state index in [4.69, 9.17) is 0 Å². The summed E-state index contributed by atoms with van der Waals surface area (Å²) in [5.74, 6) is 1.89. The van der Waals surface area contributed by atoms with Gasteiger partial charge in [-0.15, -0.1) is 10.2 Å². The fourth-order valence-corrected chi connectivity index (χ4v) is 3.52. The lowest BCUT2D eigenvalue weighted by atomic mass is 10.2. The molecule has 4 nitrogen and oxygen atoms in total. The third-order valence-electron chi connectivity index (χ3n) is 3.72. The molecule has 0 unspecified atom stereocenters. The minimum atomic E-state index is 0.828. The van der Waals surface area contributed by atoms with Crippen LogP contribution in [0.1, 0.15) is 5.56 Å². The summed E-state index contributed by atoms with van der Waals surface area (Å²) in [7, 11) is 0. The van der Waals surface area contributed by atoms with Crippen molar-refractivity contribution in [2.24, 2.45) is 0 Å². The Morgan fingerprint density at radius 2 is 1.64 bits per heavy atom. The van der Waals surface area contributed by atoms with Crippen LogP contribution in [-0.2, 0) is 13.2 Å². The first-order valence-electron chi connectivity index (χ1n) is 7.28. The summed E-state index contributed by atoms with van der Waals surface area (Å²) in [6, 6.07) is 20.8. The average molecular weight is 308 g/mol. The topological polar surface area (TPSA) is 34.0 Å². The van der Waals surface area contributed by atoms with Crippen LogP contribution in [0.2, 0.25) is 0 Å². The molecule has 2 aromatic carbocycles. The first-order valence-corrected chi connectivity index (χ1v) is 8.26. The number of hydrogen-bond donors (Lipinski definition) is 0. The Bertz CT molecular complexity index is 755. The molecule has 1 aliphatic heterocycles. The van der Waals surface area contributed by atoms with Crippen molar-refractivity contribution < 1.29 is 0 Å². The van der Waals surface area contributed by atoms with Gasteiger partial charge in [0.1, 0.15) is 0 Å². The molecule has 0 saturated carbocycles. The van der Waals surface area contributed by atoms with Crippen molar-refractivity contribution in [3.8, 4) is 11.4 Å². The number of benzene rings is 2. The number of hydrogen-bond acceptors (Lipinski definition) is 4. The summed E-state index contributed by atoms with van der Waals surface area (Å²) < 4.78 is 2.20. The zero-order valence-corrected chi connectivity index (χ0v) is 12.9. The van der Waals surface area contributed by atoms with Gasteiger partial charge in [0, 0.05) is 12.1 Å². The molecule has 1 aromatic heterocycles. The van der Waals surface area contributed by atoms with Crippen LogP contribution in [0.3, 0.4) is 0 Å². The second-order valence-electron chi connectivity index (χ2n) is 5.33. The lowest BCUT2D eigenvalue weighted by molar-refractivity contribution is 0.231. The van der Waals surface area contributed by atoms with Gasteiger partial charge in [-0.25, -0.2) is 0 Å². The molecular formula is C17H16N4S. The van der Waals surface area contributed by atoms with E-state index in [1.807, 2.05) is 18.2 Å². The quantitative estimate of drug-likeness (QED) is 0.742. The highest BCUT2D eigenvalue weighted by atomic mass is 32.2. The number of nitrogens with zero attached hydrogens (tertiary/aromatic N) is 4. The van der Waals surface area contributed by atoms with Crippen LogP contribution >= 0.6 is 11.8 Å². The first kappa shape index (κ1) is 13.5. The van der Waals surface area contributed by atoms with Gasteiger partial charge in [0.05, 0.1) is 12.5 Å². The smallest absolute Gasteiger partial charge is 0.193 e. The van der Waals surface area contributed by atoms with Crippen LogP contribution in [0.4, 0.5) is 0 Å². The van der Waals surface area contributed by atoms with E-state index in [1.54, 1.807) is 11.8 Å². The molecule has 0 amide bonds. The van der Waals surface area contributed by atoms with Gasteiger partial charge in [-0.2, -0.15) is 0 Å². The van der Waals surface area contributed by atoms with Crippen LogP contribution < -0.4 is 0 Å². The maximum Gasteiger partial charge on any atom is 0.193 e. The monoisotopic (exact) mass is 308 g/mol. The number of thioether (sulfide) groups is 1. The third kappa shape index (κ3) is 2.65. The van der Waals surface area contributed by atoms with E-state index >= 15 is 0 Å². The van der Waals surface area contributed by atoms with Crippen molar-refractivity contribution in [1.29, 1.82) is 0 Å². The second-order valence-corrected chi connectivity index (χ2v) is 6.24. The summed E-state index contributed by atoms with van der Waals surface area (Å²) in [6.07, 6.45) is 0. The highest BCUT2D eigenvalue weighted by Crippen LogP contribution is 2.29. The number of rotatable bonds is 3. The summed E-state index contributed by atoms with van der Waals surface area (Å²) >= 11 is 1.75. The molecule has 5 heteroatoms. The molecule has 4 rings (SSSR count). The van der Waals surface area contributed by atoms with Crippen molar-refractivity contribution >= 4 is 11.8 Å². The molecule has 0 aliphatic carbocycles. The van der Waals surface area contributed by atoms with Crippen LogP contribution in [0.5, 0.6) is 0 Å². The molecule has 0 N–H and O–H groups in total. The standard InChI is InChI=1S/C17H16N4S/c1-3-7-14(8-4-1)11-20-12-21-16(15-9-5-2-6-10-15)18-19-17(21)22-13-20/h1-10H,11-13H2. The maximum atomic E-state index is 4.38. The lowest BCUT2D eigenvalue weighted by Gasteiger charge is -2.27. The van der Waals surface area contributed by atoms with Crippen molar-refractivity contribution in [1.82, 2.24) is 19.7 Å². The average Bonchev–Trinajstić information content (AvgIpc) is 3.00. The fourth-order valence-electron chi connectivity index (χ4n) is 2.65. The van der Waals surface area contributed by atoms with Crippen molar-refractivity contribution in [2.45, 2.75) is 18.4 Å². The van der Waals surface area contributed by atoms with Gasteiger partial charge in [0.25, 0.3) is 0 Å². The van der Waals surface area contributed by atoms with Crippen LogP contribution in [0, 0.1) is 0 Å². The Balaban J connectivity index is 1.59. The third-order valence-corrected chi connectivity index (χ3v) is 4.77. The molecule has 22 heavy (non-hydrogen) atoms. The van der Waals surface area contributed by atoms with E-state index < -0.39 is 0 Å². The first-order chi connectivity index (χ1) is 10.9. The van der Waals surface area contributed by atoms with Gasteiger partial charge in [-0.05, 0) is 5.56 Å². The summed E-state index contributed by atoms with van der Waals surface area (Å²) in [5, 5.41) is 9.70. The van der Waals surface area contributed by atoms with Gasteiger partial charge in [-0.1, -0.05) is 72.4 Å². The SMILES string of the molecule is c1ccc(CN2CSc3nnc(-c4ccccc4)n3C2)cc1. The molecule has 1 aliphatic rings. The molecule has 0 bridgehead atoms. The predicted octanol–water partition coefficient (Wildman–Crippen LogP) is 3.47. The highest BCUT2D eigenvalue weighted by Gasteiger charge is 2.22. The zero-order chi connectivity index (χ0) is 14.8. The molecular weight excluding hydrogens is 292 g/mol. The van der Waals surface area contributed by atoms with Crippen LogP contribution in [-0.4, -0.2) is 25.5 Å².